The van der Waals surface area contributed by atoms with Crippen LogP contribution in [0, 0.1) is 0 Å². The predicted octanol–water partition coefficient (Wildman–Crippen LogP) is 0.135. The van der Waals surface area contributed by atoms with Gasteiger partial charge in [-0.15, -0.1) is 0 Å². The summed E-state index contributed by atoms with van der Waals surface area (Å²) in [5, 5.41) is 2.94. The Labute approximate surface area is 120 Å². The molecule has 1 fully saturated rings. The second-order valence-electron chi connectivity index (χ2n) is 5.21. The number of hydrogen-bond acceptors (Lipinski definition) is 4. The molecule has 1 aromatic rings. The Kier molecular flexibility index (Phi) is 5.52. The zero-order valence-corrected chi connectivity index (χ0v) is 12.0. The Hall–Kier alpha value is -1.43. The number of morpholine rings is 1. The number of hydrogen-bond donors (Lipinski definition) is 2. The van der Waals surface area contributed by atoms with Gasteiger partial charge in [-0.25, -0.2) is 0 Å². The molecule has 0 aromatic heterocycles. The minimum absolute atomic E-state index is 0.0164. The third kappa shape index (κ3) is 4.30. The highest BCUT2D eigenvalue weighted by atomic mass is 16.5. The number of rotatable bonds is 5. The zero-order valence-electron chi connectivity index (χ0n) is 12.0. The molecule has 1 atom stereocenters. The van der Waals surface area contributed by atoms with Gasteiger partial charge in [-0.1, -0.05) is 24.3 Å². The molecule has 110 valence electrons. The summed E-state index contributed by atoms with van der Waals surface area (Å²) in [4.78, 5) is 14.2. The first-order valence-electron chi connectivity index (χ1n) is 7.02. The van der Waals surface area contributed by atoms with E-state index < -0.39 is 0 Å². The van der Waals surface area contributed by atoms with E-state index in [9.17, 15) is 4.79 Å². The van der Waals surface area contributed by atoms with Crippen molar-refractivity contribution in [3.05, 3.63) is 35.4 Å². The van der Waals surface area contributed by atoms with Crippen molar-refractivity contribution in [2.24, 2.45) is 5.73 Å². The number of benzene rings is 1. The Bertz CT molecular complexity index is 450. The van der Waals surface area contributed by atoms with Gasteiger partial charge >= 0.3 is 0 Å². The zero-order chi connectivity index (χ0) is 14.4. The van der Waals surface area contributed by atoms with Crippen LogP contribution in [0.1, 0.15) is 11.1 Å². The maximum absolute atomic E-state index is 12.0. The van der Waals surface area contributed by atoms with E-state index in [1.165, 1.54) is 0 Å². The molecular weight excluding hydrogens is 254 g/mol. The lowest BCUT2D eigenvalue weighted by Crippen LogP contribution is -2.46. The van der Waals surface area contributed by atoms with Crippen LogP contribution in [-0.4, -0.2) is 50.2 Å². The van der Waals surface area contributed by atoms with Crippen LogP contribution in [0.5, 0.6) is 0 Å². The summed E-state index contributed by atoms with van der Waals surface area (Å²) in [5.41, 5.74) is 7.69. The smallest absolute Gasteiger partial charge is 0.224 e. The SMILES string of the molecule is CN1CCOC(CNC(=O)Cc2ccccc2CN)C1. The summed E-state index contributed by atoms with van der Waals surface area (Å²) >= 11 is 0. The van der Waals surface area contributed by atoms with E-state index in [1.807, 2.05) is 24.3 Å². The molecular formula is C15H23N3O2. The van der Waals surface area contributed by atoms with E-state index in [-0.39, 0.29) is 12.0 Å². The highest BCUT2D eigenvalue weighted by molar-refractivity contribution is 5.78. The van der Waals surface area contributed by atoms with Gasteiger partial charge in [0.15, 0.2) is 0 Å². The number of carbonyl (C=O) groups is 1. The molecule has 2 rings (SSSR count). The number of nitrogens with two attached hydrogens (primary N) is 1. The van der Waals surface area contributed by atoms with E-state index in [0.29, 0.717) is 19.5 Å². The molecule has 0 radical (unpaired) electrons. The lowest BCUT2D eigenvalue weighted by atomic mass is 10.0. The minimum Gasteiger partial charge on any atom is -0.374 e. The Morgan fingerprint density at radius 1 is 1.45 bits per heavy atom. The Morgan fingerprint density at radius 3 is 2.90 bits per heavy atom. The standard InChI is InChI=1S/C15H23N3O2/c1-18-6-7-20-14(11-18)10-17-15(19)8-12-4-2-3-5-13(12)9-16/h2-5,14H,6-11,16H2,1H3,(H,17,19). The maximum atomic E-state index is 12.0. The van der Waals surface area contributed by atoms with Crippen LogP contribution >= 0.6 is 0 Å². The summed E-state index contributed by atoms with van der Waals surface area (Å²) in [6.07, 6.45) is 0.457. The van der Waals surface area contributed by atoms with Gasteiger partial charge in [0.1, 0.15) is 0 Å². The average molecular weight is 277 g/mol. The number of nitrogens with one attached hydrogen (secondary N) is 1. The average Bonchev–Trinajstić information content (AvgIpc) is 2.46. The van der Waals surface area contributed by atoms with Crippen LogP contribution in [0.15, 0.2) is 24.3 Å². The van der Waals surface area contributed by atoms with Gasteiger partial charge < -0.3 is 20.7 Å². The first-order valence-corrected chi connectivity index (χ1v) is 7.02. The summed E-state index contributed by atoms with van der Waals surface area (Å²) in [5.74, 6) is 0.0164. The number of amides is 1. The minimum atomic E-state index is 0.0164. The van der Waals surface area contributed by atoms with Gasteiger partial charge in [0.2, 0.25) is 5.91 Å². The second kappa shape index (κ2) is 7.38. The molecule has 1 unspecified atom stereocenters. The van der Waals surface area contributed by atoms with E-state index in [1.54, 1.807) is 0 Å². The van der Waals surface area contributed by atoms with Gasteiger partial charge in [0, 0.05) is 26.2 Å². The largest absolute Gasteiger partial charge is 0.374 e. The van der Waals surface area contributed by atoms with Gasteiger partial charge in [-0.2, -0.15) is 0 Å². The summed E-state index contributed by atoms with van der Waals surface area (Å²) in [7, 11) is 2.06. The molecule has 0 saturated carbocycles. The molecule has 5 nitrogen and oxygen atoms in total. The van der Waals surface area contributed by atoms with Crippen molar-refractivity contribution in [2.75, 3.05) is 33.3 Å². The number of ether oxygens (including phenoxy) is 1. The fourth-order valence-electron chi connectivity index (χ4n) is 2.38. The fraction of sp³-hybridized carbons (Fsp3) is 0.533. The molecule has 0 bridgehead atoms. The molecule has 20 heavy (non-hydrogen) atoms. The number of likely N-dealkylation sites (N-methyl/N-ethyl adjacent to an activating group) is 1. The van der Waals surface area contributed by atoms with E-state index in [2.05, 4.69) is 17.3 Å². The van der Waals surface area contributed by atoms with Crippen molar-refractivity contribution in [3.63, 3.8) is 0 Å². The van der Waals surface area contributed by atoms with Crippen molar-refractivity contribution in [2.45, 2.75) is 19.1 Å². The van der Waals surface area contributed by atoms with Crippen LogP contribution < -0.4 is 11.1 Å². The number of carbonyl (C=O) groups excluding carboxylic acids is 1. The predicted molar refractivity (Wildman–Crippen MR) is 78.3 cm³/mol. The molecule has 1 heterocycles. The Balaban J connectivity index is 1.80. The van der Waals surface area contributed by atoms with E-state index in [0.717, 1.165) is 30.8 Å². The van der Waals surface area contributed by atoms with Crippen LogP contribution in [-0.2, 0) is 22.5 Å². The van der Waals surface area contributed by atoms with Crippen molar-refractivity contribution < 1.29 is 9.53 Å². The van der Waals surface area contributed by atoms with Crippen molar-refractivity contribution in [1.82, 2.24) is 10.2 Å². The molecule has 1 saturated heterocycles. The molecule has 1 aliphatic heterocycles. The summed E-state index contributed by atoms with van der Waals surface area (Å²) in [6, 6.07) is 7.78. The monoisotopic (exact) mass is 277 g/mol. The van der Waals surface area contributed by atoms with Crippen LogP contribution in [0.2, 0.25) is 0 Å². The lowest BCUT2D eigenvalue weighted by molar-refractivity contribution is -0.121. The highest BCUT2D eigenvalue weighted by Gasteiger charge is 2.18. The van der Waals surface area contributed by atoms with Crippen molar-refractivity contribution in [3.8, 4) is 0 Å². The van der Waals surface area contributed by atoms with Crippen molar-refractivity contribution >= 4 is 5.91 Å². The quantitative estimate of drug-likeness (QED) is 0.803. The molecule has 0 aliphatic carbocycles. The first-order chi connectivity index (χ1) is 9.69. The second-order valence-corrected chi connectivity index (χ2v) is 5.21. The Morgan fingerprint density at radius 2 is 2.20 bits per heavy atom. The van der Waals surface area contributed by atoms with Crippen LogP contribution in [0.4, 0.5) is 0 Å². The molecule has 1 aliphatic rings. The van der Waals surface area contributed by atoms with Crippen LogP contribution in [0.25, 0.3) is 0 Å². The molecule has 5 heteroatoms. The first kappa shape index (κ1) is 15.0. The third-order valence-electron chi connectivity index (χ3n) is 3.56. The maximum Gasteiger partial charge on any atom is 0.224 e. The van der Waals surface area contributed by atoms with Gasteiger partial charge in [-0.05, 0) is 18.2 Å². The van der Waals surface area contributed by atoms with Crippen molar-refractivity contribution in [1.29, 1.82) is 0 Å². The van der Waals surface area contributed by atoms with Crippen LogP contribution in [0.3, 0.4) is 0 Å². The highest BCUT2D eigenvalue weighted by Crippen LogP contribution is 2.08. The summed E-state index contributed by atoms with van der Waals surface area (Å²) in [6.45, 7) is 3.56. The van der Waals surface area contributed by atoms with E-state index >= 15 is 0 Å². The molecule has 0 spiro atoms. The third-order valence-corrected chi connectivity index (χ3v) is 3.56. The van der Waals surface area contributed by atoms with Gasteiger partial charge in [-0.3, -0.25) is 4.79 Å². The fourth-order valence-corrected chi connectivity index (χ4v) is 2.38. The normalized spacial score (nSPS) is 19.8. The lowest BCUT2D eigenvalue weighted by Gasteiger charge is -2.30. The van der Waals surface area contributed by atoms with Gasteiger partial charge in [0.25, 0.3) is 0 Å². The van der Waals surface area contributed by atoms with Gasteiger partial charge in [0.05, 0.1) is 19.1 Å². The number of nitrogens with zero attached hydrogens (tertiary/aromatic N) is 1. The summed E-state index contributed by atoms with van der Waals surface area (Å²) < 4.78 is 5.62. The molecule has 3 N–H and O–H groups in total. The molecule has 1 amide bonds. The topological polar surface area (TPSA) is 67.6 Å². The van der Waals surface area contributed by atoms with E-state index in [4.69, 9.17) is 10.5 Å². The molecule has 1 aromatic carbocycles.